The number of carbonyl (C=O) groups excluding carboxylic acids is 1. The highest BCUT2D eigenvalue weighted by molar-refractivity contribution is 6.76. The van der Waals surface area contributed by atoms with Crippen LogP contribution in [0.3, 0.4) is 0 Å². The number of nitrogens with zero attached hydrogens (tertiary/aromatic N) is 1. The van der Waals surface area contributed by atoms with E-state index in [-0.39, 0.29) is 18.5 Å². The Morgan fingerprint density at radius 1 is 1.38 bits per heavy atom. The molecule has 21 heavy (non-hydrogen) atoms. The van der Waals surface area contributed by atoms with Crippen molar-refractivity contribution >= 4 is 14.1 Å². The average molecular weight is 317 g/mol. The molecular weight excluding hydrogens is 296 g/mol. The molecule has 0 saturated carbocycles. The molecule has 0 unspecified atom stereocenters. The van der Waals surface area contributed by atoms with E-state index < -0.39 is 14.7 Å². The van der Waals surface area contributed by atoms with Gasteiger partial charge in [-0.2, -0.15) is 8.78 Å². The Hall–Kier alpha value is -1.70. The van der Waals surface area contributed by atoms with E-state index in [1.54, 1.807) is 6.07 Å². The number of halogens is 2. The molecule has 0 aromatic carbocycles. The maximum absolute atomic E-state index is 12.1. The van der Waals surface area contributed by atoms with Gasteiger partial charge in [0.25, 0.3) is 0 Å². The molecular formula is C13H21F2N3O2Si. The zero-order chi connectivity index (χ0) is 15.9. The summed E-state index contributed by atoms with van der Waals surface area (Å²) in [4.78, 5) is 15.2. The zero-order valence-electron chi connectivity index (χ0n) is 12.5. The standard InChI is InChI=1S/C13H21F2N3O2Si/c1-21(2,3)7-6-17-13(19)18-9-10-4-5-16-11(8-10)20-12(14)15/h4-5,8,12H,6-7,9H2,1-3H3,(H2,17,18,19). The summed E-state index contributed by atoms with van der Waals surface area (Å²) in [5.74, 6) is -0.163. The fraction of sp³-hybridized carbons (Fsp3) is 0.538. The van der Waals surface area contributed by atoms with Crippen LogP contribution in [0.15, 0.2) is 18.3 Å². The van der Waals surface area contributed by atoms with E-state index in [9.17, 15) is 13.6 Å². The number of hydrogen-bond acceptors (Lipinski definition) is 3. The van der Waals surface area contributed by atoms with Gasteiger partial charge in [0, 0.05) is 33.4 Å². The molecule has 0 aliphatic heterocycles. The van der Waals surface area contributed by atoms with Crippen LogP contribution in [0.4, 0.5) is 13.6 Å². The highest BCUT2D eigenvalue weighted by Crippen LogP contribution is 2.12. The predicted molar refractivity (Wildman–Crippen MR) is 79.3 cm³/mol. The Balaban J connectivity index is 2.36. The number of urea groups is 1. The van der Waals surface area contributed by atoms with Crippen molar-refractivity contribution in [2.45, 2.75) is 38.8 Å². The van der Waals surface area contributed by atoms with Crippen LogP contribution in [-0.4, -0.2) is 32.2 Å². The van der Waals surface area contributed by atoms with Gasteiger partial charge in [-0.1, -0.05) is 19.6 Å². The van der Waals surface area contributed by atoms with E-state index in [0.29, 0.717) is 12.1 Å². The lowest BCUT2D eigenvalue weighted by Gasteiger charge is -2.16. The minimum absolute atomic E-state index is 0.163. The largest absolute Gasteiger partial charge is 0.417 e. The summed E-state index contributed by atoms with van der Waals surface area (Å²) in [7, 11) is -1.17. The molecule has 2 amide bonds. The molecule has 1 aromatic heterocycles. The number of carbonyl (C=O) groups is 1. The first-order chi connectivity index (χ1) is 9.76. The third-order valence-corrected chi connectivity index (χ3v) is 4.37. The van der Waals surface area contributed by atoms with Crippen molar-refractivity contribution in [3.63, 3.8) is 0 Å². The molecule has 0 aliphatic rings. The van der Waals surface area contributed by atoms with E-state index in [2.05, 4.69) is 40.0 Å². The Kier molecular flexibility index (Phi) is 6.54. The Labute approximate surface area is 124 Å². The molecule has 1 heterocycles. The second-order valence-electron chi connectivity index (χ2n) is 5.80. The maximum atomic E-state index is 12.1. The van der Waals surface area contributed by atoms with Crippen molar-refractivity contribution < 1.29 is 18.3 Å². The van der Waals surface area contributed by atoms with Crippen molar-refractivity contribution in [1.29, 1.82) is 0 Å². The third kappa shape index (κ3) is 8.23. The van der Waals surface area contributed by atoms with Crippen molar-refractivity contribution in [3.05, 3.63) is 23.9 Å². The van der Waals surface area contributed by atoms with Crippen molar-refractivity contribution in [2.75, 3.05) is 6.54 Å². The molecule has 0 atom stereocenters. The Bertz CT molecular complexity index is 467. The minimum atomic E-state index is -2.91. The molecule has 0 fully saturated rings. The molecule has 1 aromatic rings. The van der Waals surface area contributed by atoms with Crippen LogP contribution in [0.5, 0.6) is 5.88 Å². The molecule has 0 saturated heterocycles. The average Bonchev–Trinajstić information content (AvgIpc) is 2.34. The lowest BCUT2D eigenvalue weighted by molar-refractivity contribution is -0.0529. The fourth-order valence-electron chi connectivity index (χ4n) is 1.51. The van der Waals surface area contributed by atoms with Gasteiger partial charge in [0.15, 0.2) is 0 Å². The molecule has 0 radical (unpaired) electrons. The molecule has 8 heteroatoms. The molecule has 0 spiro atoms. The Morgan fingerprint density at radius 3 is 2.71 bits per heavy atom. The van der Waals surface area contributed by atoms with Crippen LogP contribution >= 0.6 is 0 Å². The third-order valence-electron chi connectivity index (χ3n) is 2.62. The highest BCUT2D eigenvalue weighted by Gasteiger charge is 2.12. The SMILES string of the molecule is C[Si](C)(C)CCNC(=O)NCc1ccnc(OC(F)F)c1. The summed E-state index contributed by atoms with van der Waals surface area (Å²) >= 11 is 0. The lowest BCUT2D eigenvalue weighted by Crippen LogP contribution is -2.37. The van der Waals surface area contributed by atoms with Crippen LogP contribution in [0.2, 0.25) is 25.7 Å². The molecule has 118 valence electrons. The normalized spacial score (nSPS) is 11.3. The second-order valence-corrected chi connectivity index (χ2v) is 11.4. The first-order valence-corrected chi connectivity index (χ1v) is 10.4. The summed E-state index contributed by atoms with van der Waals surface area (Å²) in [6.45, 7) is 4.64. The van der Waals surface area contributed by atoms with Gasteiger partial charge in [0.05, 0.1) is 0 Å². The van der Waals surface area contributed by atoms with E-state index >= 15 is 0 Å². The summed E-state index contributed by atoms with van der Waals surface area (Å²) in [5.41, 5.74) is 0.640. The van der Waals surface area contributed by atoms with E-state index in [4.69, 9.17) is 0 Å². The van der Waals surface area contributed by atoms with Crippen LogP contribution in [0.1, 0.15) is 5.56 Å². The van der Waals surface area contributed by atoms with Gasteiger partial charge in [0.1, 0.15) is 0 Å². The van der Waals surface area contributed by atoms with Crippen LogP contribution in [0, 0.1) is 0 Å². The van der Waals surface area contributed by atoms with E-state index in [1.165, 1.54) is 12.3 Å². The van der Waals surface area contributed by atoms with Gasteiger partial charge in [-0.3, -0.25) is 0 Å². The first kappa shape index (κ1) is 17.3. The van der Waals surface area contributed by atoms with Crippen LogP contribution in [0.25, 0.3) is 0 Å². The number of pyridine rings is 1. The van der Waals surface area contributed by atoms with Gasteiger partial charge in [-0.05, 0) is 17.7 Å². The topological polar surface area (TPSA) is 63.2 Å². The summed E-state index contributed by atoms with van der Waals surface area (Å²) in [6.07, 6.45) is 1.36. The number of ether oxygens (including phenoxy) is 1. The number of alkyl halides is 2. The molecule has 1 rings (SSSR count). The van der Waals surface area contributed by atoms with Crippen molar-refractivity contribution in [1.82, 2.24) is 15.6 Å². The fourth-order valence-corrected chi connectivity index (χ4v) is 2.39. The zero-order valence-corrected chi connectivity index (χ0v) is 13.5. The predicted octanol–water partition coefficient (Wildman–Crippen LogP) is 2.82. The quantitative estimate of drug-likeness (QED) is 0.760. The van der Waals surface area contributed by atoms with Gasteiger partial charge >= 0.3 is 12.6 Å². The monoisotopic (exact) mass is 317 g/mol. The van der Waals surface area contributed by atoms with Crippen molar-refractivity contribution in [2.24, 2.45) is 0 Å². The molecule has 2 N–H and O–H groups in total. The van der Waals surface area contributed by atoms with E-state index in [0.717, 1.165) is 6.04 Å². The number of rotatable bonds is 7. The number of aromatic nitrogens is 1. The summed E-state index contributed by atoms with van der Waals surface area (Å²) < 4.78 is 28.3. The number of amides is 2. The van der Waals surface area contributed by atoms with Crippen LogP contribution < -0.4 is 15.4 Å². The summed E-state index contributed by atoms with van der Waals surface area (Å²) in [6, 6.07) is 3.72. The maximum Gasteiger partial charge on any atom is 0.388 e. The van der Waals surface area contributed by atoms with Gasteiger partial charge in [0.2, 0.25) is 5.88 Å². The summed E-state index contributed by atoms with van der Waals surface area (Å²) in [5, 5.41) is 5.43. The molecule has 5 nitrogen and oxygen atoms in total. The van der Waals surface area contributed by atoms with Gasteiger partial charge < -0.3 is 15.4 Å². The number of hydrogen-bond donors (Lipinski definition) is 2. The van der Waals surface area contributed by atoms with Crippen LogP contribution in [-0.2, 0) is 6.54 Å². The van der Waals surface area contributed by atoms with Crippen molar-refractivity contribution in [3.8, 4) is 5.88 Å². The minimum Gasteiger partial charge on any atom is -0.417 e. The second kappa shape index (κ2) is 7.92. The Morgan fingerprint density at radius 2 is 2.10 bits per heavy atom. The highest BCUT2D eigenvalue weighted by atomic mass is 28.3. The van der Waals surface area contributed by atoms with E-state index in [1.807, 2.05) is 0 Å². The lowest BCUT2D eigenvalue weighted by atomic mass is 10.2. The molecule has 0 bridgehead atoms. The number of nitrogens with one attached hydrogen (secondary N) is 2. The first-order valence-electron chi connectivity index (χ1n) is 6.68. The smallest absolute Gasteiger partial charge is 0.388 e. The molecule has 0 aliphatic carbocycles. The van der Waals surface area contributed by atoms with Gasteiger partial charge in [-0.15, -0.1) is 0 Å². The van der Waals surface area contributed by atoms with Gasteiger partial charge in [-0.25, -0.2) is 9.78 Å².